The van der Waals surface area contributed by atoms with Crippen molar-refractivity contribution in [2.24, 2.45) is 10.1 Å². The maximum atomic E-state index is 4.74. The number of aromatic nitrogens is 2. The first-order chi connectivity index (χ1) is 13.7. The molecule has 28 heavy (non-hydrogen) atoms. The lowest BCUT2D eigenvalue weighted by atomic mass is 10.2. The van der Waals surface area contributed by atoms with Gasteiger partial charge >= 0.3 is 0 Å². The quantitative estimate of drug-likeness (QED) is 0.297. The van der Waals surface area contributed by atoms with Crippen molar-refractivity contribution in [3.8, 4) is 11.3 Å². The lowest BCUT2D eigenvalue weighted by Gasteiger charge is -2.05. The van der Waals surface area contributed by atoms with Gasteiger partial charge in [-0.1, -0.05) is 62.2 Å². The molecule has 0 spiro atoms. The highest BCUT2D eigenvalue weighted by Gasteiger charge is 2.10. The van der Waals surface area contributed by atoms with Gasteiger partial charge in [0.15, 0.2) is 0 Å². The van der Waals surface area contributed by atoms with Crippen molar-refractivity contribution in [3.05, 3.63) is 97.7 Å². The molecule has 0 radical (unpaired) electrons. The summed E-state index contributed by atoms with van der Waals surface area (Å²) in [7, 11) is 0. The summed E-state index contributed by atoms with van der Waals surface area (Å²) in [6.07, 6.45) is 5.31. The Balaban J connectivity index is 1.86. The molecular weight excluding hydrogens is 500 g/mol. The highest BCUT2D eigenvalue weighted by molar-refractivity contribution is 9.10. The summed E-state index contributed by atoms with van der Waals surface area (Å²) in [5.41, 5.74) is 3.80. The molecular formula is C21H14Br2N4S. The number of hydrogen-bond donors (Lipinski definition) is 0. The zero-order chi connectivity index (χ0) is 19.3. The van der Waals surface area contributed by atoms with Gasteiger partial charge in [0, 0.05) is 26.1 Å². The second kappa shape index (κ2) is 8.77. The van der Waals surface area contributed by atoms with Gasteiger partial charge in [-0.3, -0.25) is 4.98 Å². The van der Waals surface area contributed by atoms with Crippen molar-refractivity contribution in [2.75, 3.05) is 0 Å². The number of hydrogen-bond acceptors (Lipinski definition) is 4. The van der Waals surface area contributed by atoms with E-state index in [1.807, 2.05) is 65.5 Å². The van der Waals surface area contributed by atoms with E-state index in [2.05, 4.69) is 48.3 Å². The lowest BCUT2D eigenvalue weighted by molar-refractivity contribution is 0.854. The highest BCUT2D eigenvalue weighted by atomic mass is 79.9. The van der Waals surface area contributed by atoms with Crippen LogP contribution in [-0.4, -0.2) is 15.9 Å². The van der Waals surface area contributed by atoms with E-state index in [4.69, 9.17) is 10.1 Å². The topological polar surface area (TPSA) is 42.5 Å². The fourth-order valence-corrected chi connectivity index (χ4v) is 4.34. The molecule has 138 valence electrons. The SMILES string of the molecule is Brc1cccc(C=Nn2c(-c3ccccc3Br)csc2=Nc2cccnc2)c1. The molecule has 7 heteroatoms. The molecule has 0 amide bonds. The molecule has 2 aromatic heterocycles. The van der Waals surface area contributed by atoms with Crippen molar-refractivity contribution in [3.63, 3.8) is 0 Å². The summed E-state index contributed by atoms with van der Waals surface area (Å²) in [5.74, 6) is 0. The van der Waals surface area contributed by atoms with Crippen LogP contribution < -0.4 is 4.80 Å². The first kappa shape index (κ1) is 19.0. The molecule has 0 N–H and O–H groups in total. The van der Waals surface area contributed by atoms with E-state index in [0.29, 0.717) is 0 Å². The number of benzene rings is 2. The van der Waals surface area contributed by atoms with Gasteiger partial charge in [0.1, 0.15) is 0 Å². The van der Waals surface area contributed by atoms with Crippen molar-refractivity contribution in [1.29, 1.82) is 0 Å². The molecule has 4 aromatic rings. The van der Waals surface area contributed by atoms with E-state index in [0.717, 1.165) is 36.3 Å². The number of rotatable bonds is 4. The van der Waals surface area contributed by atoms with Crippen LogP contribution in [0, 0.1) is 0 Å². The predicted octanol–water partition coefficient (Wildman–Crippen LogP) is 6.25. The first-order valence-electron chi connectivity index (χ1n) is 8.41. The maximum absolute atomic E-state index is 4.74. The second-order valence-electron chi connectivity index (χ2n) is 5.82. The van der Waals surface area contributed by atoms with Crippen LogP contribution >= 0.6 is 43.2 Å². The van der Waals surface area contributed by atoms with Crippen LogP contribution in [-0.2, 0) is 0 Å². The van der Waals surface area contributed by atoms with Crippen LogP contribution in [0.15, 0.2) is 97.5 Å². The molecule has 0 aliphatic rings. The highest BCUT2D eigenvalue weighted by Crippen LogP contribution is 2.28. The Bertz CT molecular complexity index is 1200. The minimum atomic E-state index is 0.769. The third-order valence-electron chi connectivity index (χ3n) is 3.88. The fourth-order valence-electron chi connectivity index (χ4n) is 2.58. The van der Waals surface area contributed by atoms with Crippen LogP contribution in [0.25, 0.3) is 11.3 Å². The van der Waals surface area contributed by atoms with E-state index in [1.54, 1.807) is 12.4 Å². The number of pyridine rings is 1. The molecule has 4 rings (SSSR count). The van der Waals surface area contributed by atoms with Gasteiger partial charge < -0.3 is 0 Å². The predicted molar refractivity (Wildman–Crippen MR) is 122 cm³/mol. The van der Waals surface area contributed by atoms with Crippen LogP contribution in [0.4, 0.5) is 5.69 Å². The number of nitrogens with zero attached hydrogens (tertiary/aromatic N) is 4. The van der Waals surface area contributed by atoms with Crippen LogP contribution in [0.3, 0.4) is 0 Å². The molecule has 0 bridgehead atoms. The number of halogens is 2. The number of thiazole rings is 1. The Morgan fingerprint density at radius 3 is 2.68 bits per heavy atom. The van der Waals surface area contributed by atoms with Crippen molar-refractivity contribution >= 4 is 55.1 Å². The van der Waals surface area contributed by atoms with E-state index in [9.17, 15) is 0 Å². The van der Waals surface area contributed by atoms with E-state index < -0.39 is 0 Å². The Labute approximate surface area is 183 Å². The molecule has 2 heterocycles. The summed E-state index contributed by atoms with van der Waals surface area (Å²) < 4.78 is 3.88. The standard InChI is InChI=1S/C21H14Br2N4S/c22-16-6-3-5-15(11-16)12-25-27-20(18-8-1-2-9-19(18)23)14-28-21(27)26-17-7-4-10-24-13-17/h1-14H. The van der Waals surface area contributed by atoms with Crippen molar-refractivity contribution in [1.82, 2.24) is 9.66 Å². The summed E-state index contributed by atoms with van der Waals surface area (Å²) in [6.45, 7) is 0. The summed E-state index contributed by atoms with van der Waals surface area (Å²) in [6, 6.07) is 19.9. The van der Waals surface area contributed by atoms with Gasteiger partial charge in [-0.15, -0.1) is 11.3 Å². The van der Waals surface area contributed by atoms with Crippen LogP contribution in [0.1, 0.15) is 5.56 Å². The summed E-state index contributed by atoms with van der Waals surface area (Å²) in [5, 5.41) is 6.80. The fraction of sp³-hybridized carbons (Fsp3) is 0. The van der Waals surface area contributed by atoms with E-state index in [-0.39, 0.29) is 0 Å². The zero-order valence-electron chi connectivity index (χ0n) is 14.5. The Morgan fingerprint density at radius 1 is 1.00 bits per heavy atom. The van der Waals surface area contributed by atoms with Crippen molar-refractivity contribution in [2.45, 2.75) is 0 Å². The normalized spacial score (nSPS) is 12.0. The second-order valence-corrected chi connectivity index (χ2v) is 8.42. The molecule has 0 aliphatic heterocycles. The Hall–Kier alpha value is -2.35. The van der Waals surface area contributed by atoms with E-state index >= 15 is 0 Å². The molecule has 0 unspecified atom stereocenters. The average molecular weight is 514 g/mol. The third kappa shape index (κ3) is 4.38. The minimum Gasteiger partial charge on any atom is -0.262 e. The molecule has 4 nitrogen and oxygen atoms in total. The smallest absolute Gasteiger partial charge is 0.211 e. The van der Waals surface area contributed by atoms with Gasteiger partial charge in [0.05, 0.1) is 23.8 Å². The summed E-state index contributed by atoms with van der Waals surface area (Å²) >= 11 is 8.68. The molecule has 0 saturated carbocycles. The molecule has 0 saturated heterocycles. The average Bonchev–Trinajstić information content (AvgIpc) is 3.10. The third-order valence-corrected chi connectivity index (χ3v) is 5.88. The van der Waals surface area contributed by atoms with Crippen molar-refractivity contribution < 1.29 is 0 Å². The molecule has 2 aromatic carbocycles. The monoisotopic (exact) mass is 512 g/mol. The Morgan fingerprint density at radius 2 is 1.89 bits per heavy atom. The van der Waals surface area contributed by atoms with Gasteiger partial charge in [0.2, 0.25) is 4.80 Å². The minimum absolute atomic E-state index is 0.769. The Kier molecular flexibility index (Phi) is 5.95. The maximum Gasteiger partial charge on any atom is 0.211 e. The summed E-state index contributed by atoms with van der Waals surface area (Å²) in [4.78, 5) is 9.64. The van der Waals surface area contributed by atoms with Gasteiger partial charge in [-0.05, 0) is 35.9 Å². The largest absolute Gasteiger partial charge is 0.262 e. The van der Waals surface area contributed by atoms with Crippen LogP contribution in [0.5, 0.6) is 0 Å². The van der Waals surface area contributed by atoms with Crippen LogP contribution in [0.2, 0.25) is 0 Å². The molecule has 0 atom stereocenters. The van der Waals surface area contributed by atoms with E-state index in [1.165, 1.54) is 11.3 Å². The lowest BCUT2D eigenvalue weighted by Crippen LogP contribution is -2.11. The van der Waals surface area contributed by atoms with Gasteiger partial charge in [0.25, 0.3) is 0 Å². The molecule has 0 aliphatic carbocycles. The van der Waals surface area contributed by atoms with Gasteiger partial charge in [-0.25, -0.2) is 9.67 Å². The zero-order valence-corrected chi connectivity index (χ0v) is 18.5. The first-order valence-corrected chi connectivity index (χ1v) is 10.9. The molecule has 0 fully saturated rings. The van der Waals surface area contributed by atoms with Gasteiger partial charge in [-0.2, -0.15) is 5.10 Å².